The van der Waals surface area contributed by atoms with Gasteiger partial charge in [-0.25, -0.2) is 18.1 Å². The number of benzene rings is 3. The molecule has 448 valence electrons. The van der Waals surface area contributed by atoms with Gasteiger partial charge in [-0.1, -0.05) is 30.3 Å². The van der Waals surface area contributed by atoms with Gasteiger partial charge in [0.25, 0.3) is 21.6 Å². The summed E-state index contributed by atoms with van der Waals surface area (Å²) in [4.78, 5) is 55.8. The van der Waals surface area contributed by atoms with Crippen LogP contribution in [0.4, 0.5) is 34.3 Å². The number of aromatic nitrogens is 4. The molecule has 4 aromatic heterocycles. The van der Waals surface area contributed by atoms with E-state index in [9.17, 15) is 23.3 Å². The first-order valence-corrected chi connectivity index (χ1v) is 31.3. The van der Waals surface area contributed by atoms with E-state index < -0.39 is 37.5 Å². The van der Waals surface area contributed by atoms with E-state index in [4.69, 9.17) is 33.7 Å². The Bertz CT molecular complexity index is 3810. The molecule has 5 fully saturated rings. The van der Waals surface area contributed by atoms with Gasteiger partial charge in [-0.05, 0) is 110 Å². The van der Waals surface area contributed by atoms with Crippen molar-refractivity contribution in [1.82, 2.24) is 34.5 Å². The largest absolute Gasteiger partial charge is 0.493 e. The number of fused-ring (bicyclic) bond motifs is 4. The van der Waals surface area contributed by atoms with Crippen LogP contribution in [0.25, 0.3) is 11.0 Å². The summed E-state index contributed by atoms with van der Waals surface area (Å²) >= 11 is 0. The highest BCUT2D eigenvalue weighted by Gasteiger charge is 2.50. The fourth-order valence-electron chi connectivity index (χ4n) is 14.2. The third-order valence-electron chi connectivity index (χ3n) is 18.7. The second-order valence-corrected chi connectivity index (χ2v) is 25.6. The molecule has 7 aliphatic rings. The molecular formula is C63H70N12O10S. The van der Waals surface area contributed by atoms with Crippen LogP contribution in [0.5, 0.6) is 17.4 Å². The fourth-order valence-corrected chi connectivity index (χ4v) is 15.2. The van der Waals surface area contributed by atoms with Gasteiger partial charge < -0.3 is 48.7 Å². The number of rotatable bonds is 14. The molecule has 1 aliphatic carbocycles. The van der Waals surface area contributed by atoms with E-state index in [0.29, 0.717) is 61.6 Å². The first-order valence-electron chi connectivity index (χ1n) is 29.8. The molecule has 4 saturated heterocycles. The van der Waals surface area contributed by atoms with E-state index in [1.165, 1.54) is 17.2 Å². The van der Waals surface area contributed by atoms with Crippen molar-refractivity contribution in [2.75, 3.05) is 106 Å². The first-order chi connectivity index (χ1) is 41.9. The summed E-state index contributed by atoms with van der Waals surface area (Å²) in [6.45, 7) is 11.2. The topological polar surface area (TPSA) is 235 Å². The number of methoxy groups -OCH3 is 1. The highest BCUT2D eigenvalue weighted by Crippen LogP contribution is 2.54. The number of nitro benzene ring substituents is 1. The highest BCUT2D eigenvalue weighted by atomic mass is 32.2. The third kappa shape index (κ3) is 10.8. The number of piperidine rings is 1. The van der Waals surface area contributed by atoms with Crippen molar-refractivity contribution in [2.45, 2.75) is 87.2 Å². The second-order valence-electron chi connectivity index (χ2n) is 23.9. The van der Waals surface area contributed by atoms with Crippen LogP contribution in [0.3, 0.4) is 0 Å². The number of nitro groups is 1. The Kier molecular flexibility index (Phi) is 14.9. The summed E-state index contributed by atoms with van der Waals surface area (Å²) in [5.74, 6) is 1.09. The summed E-state index contributed by atoms with van der Waals surface area (Å²) in [5.41, 5.74) is 7.03. The molecule has 1 saturated carbocycles. The minimum absolute atomic E-state index is 0.0170. The maximum absolute atomic E-state index is 15.0. The minimum Gasteiger partial charge on any atom is -0.493 e. The number of nitrogens with zero attached hydrogens (tertiary/aromatic N) is 9. The quantitative estimate of drug-likeness (QED) is 0.0692. The first kappa shape index (κ1) is 55.8. The van der Waals surface area contributed by atoms with Gasteiger partial charge in [0.2, 0.25) is 5.88 Å². The van der Waals surface area contributed by atoms with Crippen molar-refractivity contribution in [1.29, 1.82) is 0 Å². The maximum Gasteiger partial charge on any atom is 0.297 e. The monoisotopic (exact) mass is 1190 g/mol. The molecule has 7 aromatic rings. The third-order valence-corrected chi connectivity index (χ3v) is 20.0. The van der Waals surface area contributed by atoms with Gasteiger partial charge in [0.15, 0.2) is 23.0 Å². The Morgan fingerprint density at radius 1 is 0.895 bits per heavy atom. The summed E-state index contributed by atoms with van der Waals surface area (Å²) in [6.07, 6.45) is 10.2. The van der Waals surface area contributed by atoms with E-state index in [1.54, 1.807) is 25.4 Å². The molecule has 23 heteroatoms. The van der Waals surface area contributed by atoms with Crippen LogP contribution in [-0.2, 0) is 32.5 Å². The zero-order valence-electron chi connectivity index (χ0n) is 48.2. The molecular weight excluding hydrogens is 1120 g/mol. The second kappa shape index (κ2) is 23.0. The number of carbonyl (C=O) groups is 1. The predicted molar refractivity (Wildman–Crippen MR) is 324 cm³/mol. The van der Waals surface area contributed by atoms with Crippen molar-refractivity contribution in [3.8, 4) is 17.4 Å². The van der Waals surface area contributed by atoms with E-state index in [1.807, 2.05) is 48.8 Å². The number of ether oxygens (including phenoxy) is 5. The molecule has 10 heterocycles. The van der Waals surface area contributed by atoms with E-state index in [2.05, 4.69) is 81.8 Å². The van der Waals surface area contributed by atoms with Crippen LogP contribution in [0.15, 0.2) is 114 Å². The number of H-pyrrole nitrogens is 1. The lowest BCUT2D eigenvalue weighted by Crippen LogP contribution is -2.59. The summed E-state index contributed by atoms with van der Waals surface area (Å²) in [7, 11) is -3.02. The summed E-state index contributed by atoms with van der Waals surface area (Å²) in [6, 6.07) is 28.1. The number of aromatic amines is 1. The van der Waals surface area contributed by atoms with Gasteiger partial charge in [-0.15, -0.1) is 0 Å². The number of hydrogen-bond donors (Lipinski definition) is 3. The van der Waals surface area contributed by atoms with Crippen LogP contribution >= 0.6 is 0 Å². The average Bonchev–Trinajstić information content (AvgIpc) is 1.25. The molecule has 1 spiro atoms. The van der Waals surface area contributed by atoms with E-state index in [0.717, 1.165) is 118 Å². The molecule has 3 aromatic carbocycles. The smallest absolute Gasteiger partial charge is 0.297 e. The standard InChI is InChI=1S/C63H70N12O10S/c1-40-7-3-4-9-48(40)54-37-70(36-41-27-56(81-2)60(66-35-41)72-22-25-82-26-23-72)20-21-73(54)46-33-63(34-46)14-18-71(19-15-63)45-10-11-49(51(30-45)74-50-13-24-83-39-57(50)85-62-53(74)28-42-12-17-65-59(42)68-62)61(76)69-86(79,80)47-31-52(75(77)78)58-55(32-47)84-38-44(67-58)29-43-8-5-6-16-64-43/h3-12,16-17,27-28,30-32,35,44,46,50,54,57,67H,13-15,18-26,29,33-34,36-39H2,1-2H3,(H,65,68)(H,69,76)/t44-,50-,54-,57-/m0/s1. The molecule has 22 nitrogen and oxygen atoms in total. The van der Waals surface area contributed by atoms with E-state index >= 15 is 0 Å². The maximum atomic E-state index is 15.0. The lowest BCUT2D eigenvalue weighted by atomic mass is 9.59. The SMILES string of the molecule is COc1cc(CN2CCN(C3CC4(CCN(c5ccc(C(=O)NS(=O)(=O)c6cc7c(c([N+](=O)[O-])c6)N[C@@H](Cc6ccccn6)CO7)c(N6c7cc8cc[nH]c8nc7O[C@H]7COCC[C@@H]76)c5)CC4)C3)[C@H](c3ccccc3C)C2)cnc1N1CCOCC1. The number of amides is 1. The summed E-state index contributed by atoms with van der Waals surface area (Å²) < 4.78 is 61.3. The van der Waals surface area contributed by atoms with Crippen molar-refractivity contribution >= 4 is 61.2 Å². The molecule has 1 amide bonds. The van der Waals surface area contributed by atoms with Gasteiger partial charge in [-0.3, -0.25) is 29.7 Å². The lowest BCUT2D eigenvalue weighted by Gasteiger charge is -2.58. The molecule has 0 bridgehead atoms. The van der Waals surface area contributed by atoms with E-state index in [-0.39, 0.29) is 53.8 Å². The Morgan fingerprint density at radius 3 is 2.53 bits per heavy atom. The number of pyridine rings is 3. The van der Waals surface area contributed by atoms with Crippen LogP contribution in [-0.4, -0.2) is 159 Å². The lowest BCUT2D eigenvalue weighted by molar-refractivity contribution is -0.384. The molecule has 3 N–H and O–H groups in total. The van der Waals surface area contributed by atoms with Crippen LogP contribution in [0.2, 0.25) is 0 Å². The zero-order chi connectivity index (χ0) is 58.7. The van der Waals surface area contributed by atoms with Crippen molar-refractivity contribution < 1.29 is 41.8 Å². The number of hydrogen-bond acceptors (Lipinski definition) is 19. The van der Waals surface area contributed by atoms with Crippen LogP contribution in [0, 0.1) is 22.5 Å². The average molecular weight is 1190 g/mol. The van der Waals surface area contributed by atoms with Gasteiger partial charge in [0, 0.05) is 125 Å². The highest BCUT2D eigenvalue weighted by molar-refractivity contribution is 7.90. The number of carbonyl (C=O) groups excluding carboxylic acids is 1. The number of aryl methyl sites for hydroxylation is 1. The number of sulfonamides is 1. The van der Waals surface area contributed by atoms with Crippen molar-refractivity contribution in [3.05, 3.63) is 148 Å². The number of nitrogens with one attached hydrogen (secondary N) is 3. The molecule has 0 unspecified atom stereocenters. The number of morpholine rings is 1. The normalized spacial score (nSPS) is 22.4. The summed E-state index contributed by atoms with van der Waals surface area (Å²) in [5, 5.41) is 16.6. The van der Waals surface area contributed by atoms with Gasteiger partial charge in [-0.2, -0.15) is 4.98 Å². The predicted octanol–water partition coefficient (Wildman–Crippen LogP) is 7.95. The molecule has 0 radical (unpaired) electrons. The van der Waals surface area contributed by atoms with Crippen molar-refractivity contribution in [3.63, 3.8) is 0 Å². The Labute approximate surface area is 498 Å². The van der Waals surface area contributed by atoms with Crippen LogP contribution in [0.1, 0.15) is 70.9 Å². The fraction of sp³-hybridized carbons (Fsp3) is 0.429. The molecule has 14 rings (SSSR count). The van der Waals surface area contributed by atoms with Gasteiger partial charge in [0.1, 0.15) is 24.0 Å². The zero-order valence-corrected chi connectivity index (χ0v) is 49.0. The Balaban J connectivity index is 0.713. The van der Waals surface area contributed by atoms with Gasteiger partial charge >= 0.3 is 0 Å². The van der Waals surface area contributed by atoms with Gasteiger partial charge in [0.05, 0.1) is 60.1 Å². The molecule has 86 heavy (non-hydrogen) atoms. The number of piperazine rings is 1. The molecule has 6 aliphatic heterocycles. The van der Waals surface area contributed by atoms with Crippen molar-refractivity contribution in [2.24, 2.45) is 5.41 Å². The van der Waals surface area contributed by atoms with Crippen LogP contribution < -0.4 is 38.9 Å². The minimum atomic E-state index is -4.74. The number of anilines is 5. The Morgan fingerprint density at radius 2 is 1.73 bits per heavy atom. The molecule has 4 atom stereocenters. The Hall–Kier alpha value is -8.09.